The standard InChI is InChI=1S/C12H15N3S/c1-15(8-10-5-6-16-9-10)12-4-2-3-11(7-13)14-12/h2-6,9H,7-8,13H2,1H3. The summed E-state index contributed by atoms with van der Waals surface area (Å²) in [5.41, 5.74) is 7.81. The Morgan fingerprint density at radius 2 is 2.25 bits per heavy atom. The van der Waals surface area contributed by atoms with Crippen LogP contribution in [0.25, 0.3) is 0 Å². The van der Waals surface area contributed by atoms with Crippen molar-refractivity contribution in [3.8, 4) is 0 Å². The van der Waals surface area contributed by atoms with Gasteiger partial charge in [0.2, 0.25) is 0 Å². The molecule has 4 heteroatoms. The second kappa shape index (κ2) is 5.09. The average Bonchev–Trinajstić information content (AvgIpc) is 2.82. The van der Waals surface area contributed by atoms with E-state index in [1.165, 1.54) is 5.56 Å². The fourth-order valence-corrected chi connectivity index (χ4v) is 2.19. The largest absolute Gasteiger partial charge is 0.355 e. The van der Waals surface area contributed by atoms with Gasteiger partial charge in [-0.1, -0.05) is 6.07 Å². The lowest BCUT2D eigenvalue weighted by Crippen LogP contribution is -2.18. The van der Waals surface area contributed by atoms with E-state index in [0.29, 0.717) is 6.54 Å². The molecule has 84 valence electrons. The van der Waals surface area contributed by atoms with Gasteiger partial charge < -0.3 is 10.6 Å². The SMILES string of the molecule is CN(Cc1ccsc1)c1cccc(CN)n1. The fourth-order valence-electron chi connectivity index (χ4n) is 1.53. The smallest absolute Gasteiger partial charge is 0.128 e. The van der Waals surface area contributed by atoms with Crippen LogP contribution in [-0.2, 0) is 13.1 Å². The summed E-state index contributed by atoms with van der Waals surface area (Å²) in [4.78, 5) is 6.60. The van der Waals surface area contributed by atoms with Gasteiger partial charge in [0.25, 0.3) is 0 Å². The summed E-state index contributed by atoms with van der Waals surface area (Å²) >= 11 is 1.72. The number of rotatable bonds is 4. The molecule has 0 bridgehead atoms. The lowest BCUT2D eigenvalue weighted by atomic mass is 10.3. The highest BCUT2D eigenvalue weighted by Gasteiger charge is 2.04. The van der Waals surface area contributed by atoms with Gasteiger partial charge in [-0.2, -0.15) is 11.3 Å². The molecule has 3 nitrogen and oxygen atoms in total. The van der Waals surface area contributed by atoms with E-state index >= 15 is 0 Å². The first-order chi connectivity index (χ1) is 7.79. The zero-order chi connectivity index (χ0) is 11.4. The molecule has 0 aromatic carbocycles. The summed E-state index contributed by atoms with van der Waals surface area (Å²) in [6.45, 7) is 1.37. The molecule has 0 aliphatic rings. The highest BCUT2D eigenvalue weighted by molar-refractivity contribution is 7.07. The number of pyridine rings is 1. The fraction of sp³-hybridized carbons (Fsp3) is 0.250. The molecule has 16 heavy (non-hydrogen) atoms. The Labute approximate surface area is 99.5 Å². The van der Waals surface area contributed by atoms with E-state index in [2.05, 4.69) is 26.7 Å². The van der Waals surface area contributed by atoms with Crippen LogP contribution in [-0.4, -0.2) is 12.0 Å². The second-order valence-corrected chi connectivity index (χ2v) is 4.46. The normalized spacial score (nSPS) is 10.4. The van der Waals surface area contributed by atoms with Crippen LogP contribution in [0.1, 0.15) is 11.3 Å². The lowest BCUT2D eigenvalue weighted by molar-refractivity contribution is 0.881. The highest BCUT2D eigenvalue weighted by atomic mass is 32.1. The van der Waals surface area contributed by atoms with Gasteiger partial charge in [-0.05, 0) is 34.5 Å². The molecular weight excluding hydrogens is 218 g/mol. The third-order valence-corrected chi connectivity index (χ3v) is 3.12. The number of nitrogens with zero attached hydrogens (tertiary/aromatic N) is 2. The van der Waals surface area contributed by atoms with Gasteiger partial charge in [0.1, 0.15) is 5.82 Å². The Balaban J connectivity index is 2.11. The Bertz CT molecular complexity index is 439. The maximum Gasteiger partial charge on any atom is 0.128 e. The van der Waals surface area contributed by atoms with Gasteiger partial charge in [0.05, 0.1) is 5.69 Å². The molecule has 0 unspecified atom stereocenters. The first-order valence-electron chi connectivity index (χ1n) is 5.18. The van der Waals surface area contributed by atoms with Gasteiger partial charge in [-0.25, -0.2) is 4.98 Å². The maximum absolute atomic E-state index is 5.58. The van der Waals surface area contributed by atoms with Crippen molar-refractivity contribution in [3.05, 3.63) is 46.3 Å². The first-order valence-corrected chi connectivity index (χ1v) is 6.12. The molecule has 0 aliphatic carbocycles. The Morgan fingerprint density at radius 3 is 2.94 bits per heavy atom. The number of thiophene rings is 1. The number of hydrogen-bond donors (Lipinski definition) is 1. The summed E-state index contributed by atoms with van der Waals surface area (Å²) in [5, 5.41) is 4.25. The molecule has 2 heterocycles. The molecule has 0 saturated heterocycles. The molecule has 0 spiro atoms. The molecule has 2 aromatic heterocycles. The van der Waals surface area contributed by atoms with Crippen LogP contribution in [0.2, 0.25) is 0 Å². The number of aromatic nitrogens is 1. The average molecular weight is 233 g/mol. The minimum absolute atomic E-state index is 0.486. The van der Waals surface area contributed by atoms with Crippen molar-refractivity contribution in [2.45, 2.75) is 13.1 Å². The molecular formula is C12H15N3S. The van der Waals surface area contributed by atoms with Gasteiger partial charge in [-0.3, -0.25) is 0 Å². The van der Waals surface area contributed by atoms with E-state index in [9.17, 15) is 0 Å². The van der Waals surface area contributed by atoms with Crippen molar-refractivity contribution in [1.29, 1.82) is 0 Å². The zero-order valence-electron chi connectivity index (χ0n) is 9.26. The molecule has 2 aromatic rings. The van der Waals surface area contributed by atoms with Gasteiger partial charge >= 0.3 is 0 Å². The third kappa shape index (κ3) is 2.59. The lowest BCUT2D eigenvalue weighted by Gasteiger charge is -2.17. The molecule has 0 amide bonds. The van der Waals surface area contributed by atoms with Crippen LogP contribution in [0, 0.1) is 0 Å². The van der Waals surface area contributed by atoms with Crippen molar-refractivity contribution >= 4 is 17.2 Å². The Hall–Kier alpha value is -1.39. The predicted octanol–water partition coefficient (Wildman–Crippen LogP) is 2.24. The van der Waals surface area contributed by atoms with Crippen molar-refractivity contribution in [2.75, 3.05) is 11.9 Å². The van der Waals surface area contributed by atoms with Crippen LogP contribution in [0.3, 0.4) is 0 Å². The summed E-state index contributed by atoms with van der Waals surface area (Å²) in [6, 6.07) is 8.08. The minimum atomic E-state index is 0.486. The molecule has 0 aliphatic heterocycles. The van der Waals surface area contributed by atoms with Crippen LogP contribution in [0.4, 0.5) is 5.82 Å². The van der Waals surface area contributed by atoms with E-state index in [1.54, 1.807) is 11.3 Å². The van der Waals surface area contributed by atoms with Crippen molar-refractivity contribution < 1.29 is 0 Å². The topological polar surface area (TPSA) is 42.1 Å². The summed E-state index contributed by atoms with van der Waals surface area (Å²) in [6.07, 6.45) is 0. The Kier molecular flexibility index (Phi) is 3.54. The van der Waals surface area contributed by atoms with Gasteiger partial charge in [0.15, 0.2) is 0 Å². The first kappa shape index (κ1) is 11.1. The number of hydrogen-bond acceptors (Lipinski definition) is 4. The van der Waals surface area contributed by atoms with Crippen molar-refractivity contribution in [3.63, 3.8) is 0 Å². The van der Waals surface area contributed by atoms with Crippen molar-refractivity contribution in [2.24, 2.45) is 5.73 Å². The Morgan fingerprint density at radius 1 is 1.38 bits per heavy atom. The van der Waals surface area contributed by atoms with E-state index in [0.717, 1.165) is 18.1 Å². The third-order valence-electron chi connectivity index (χ3n) is 2.39. The molecule has 0 fully saturated rings. The summed E-state index contributed by atoms with van der Waals surface area (Å²) < 4.78 is 0. The molecule has 0 radical (unpaired) electrons. The van der Waals surface area contributed by atoms with Crippen molar-refractivity contribution in [1.82, 2.24) is 4.98 Å². The van der Waals surface area contributed by atoms with Crippen LogP contribution in [0.5, 0.6) is 0 Å². The zero-order valence-corrected chi connectivity index (χ0v) is 10.1. The van der Waals surface area contributed by atoms with E-state index < -0.39 is 0 Å². The van der Waals surface area contributed by atoms with Crippen LogP contribution < -0.4 is 10.6 Å². The molecule has 2 rings (SSSR count). The summed E-state index contributed by atoms with van der Waals surface area (Å²) in [7, 11) is 2.04. The molecule has 2 N–H and O–H groups in total. The molecule has 0 atom stereocenters. The minimum Gasteiger partial charge on any atom is -0.355 e. The predicted molar refractivity (Wildman–Crippen MR) is 68.6 cm³/mol. The molecule has 0 saturated carbocycles. The second-order valence-electron chi connectivity index (χ2n) is 3.68. The number of nitrogens with two attached hydrogens (primary N) is 1. The van der Waals surface area contributed by atoms with Gasteiger partial charge in [-0.15, -0.1) is 0 Å². The van der Waals surface area contributed by atoms with Crippen LogP contribution in [0.15, 0.2) is 35.0 Å². The summed E-state index contributed by atoms with van der Waals surface area (Å²) in [5.74, 6) is 0.967. The van der Waals surface area contributed by atoms with E-state index in [-0.39, 0.29) is 0 Å². The van der Waals surface area contributed by atoms with Gasteiger partial charge in [0, 0.05) is 20.1 Å². The van der Waals surface area contributed by atoms with E-state index in [1.807, 2.05) is 25.2 Å². The maximum atomic E-state index is 5.58. The van der Waals surface area contributed by atoms with E-state index in [4.69, 9.17) is 5.73 Å². The monoisotopic (exact) mass is 233 g/mol. The highest BCUT2D eigenvalue weighted by Crippen LogP contribution is 2.14. The quantitative estimate of drug-likeness (QED) is 0.880. The van der Waals surface area contributed by atoms with Crippen LogP contribution >= 0.6 is 11.3 Å². The number of anilines is 1.